The van der Waals surface area contributed by atoms with Crippen molar-refractivity contribution in [3.63, 3.8) is 0 Å². The molecule has 8 rings (SSSR count). The molecule has 0 N–H and O–H groups in total. The average Bonchev–Trinajstić information content (AvgIpc) is 3.43. The first-order chi connectivity index (χ1) is 21.3. The fourth-order valence-corrected chi connectivity index (χ4v) is 6.03. The molecule has 0 spiro atoms. The van der Waals surface area contributed by atoms with Gasteiger partial charge in [0.05, 0.1) is 16.7 Å². The van der Waals surface area contributed by atoms with Crippen molar-refractivity contribution in [1.29, 1.82) is 0 Å². The topological polar surface area (TPSA) is 31.4 Å². The number of para-hydroxylation sites is 2. The lowest BCUT2D eigenvalue weighted by atomic mass is 9.99. The number of benzene rings is 6. The molecule has 43 heavy (non-hydrogen) atoms. The molecule has 0 radical (unpaired) electrons. The molecule has 1 atom stereocenters. The van der Waals surface area contributed by atoms with E-state index in [9.17, 15) is 0 Å². The normalized spacial score (nSPS) is 14.7. The Morgan fingerprint density at radius 3 is 1.60 bits per heavy atom. The highest BCUT2D eigenvalue weighted by Crippen LogP contribution is 2.38. The lowest BCUT2D eigenvalue weighted by Crippen LogP contribution is -2.09. The summed E-state index contributed by atoms with van der Waals surface area (Å²) < 4.78 is 2.35. The Kier molecular flexibility index (Phi) is 6.20. The zero-order valence-electron chi connectivity index (χ0n) is 23.5. The molecule has 1 unspecified atom stereocenters. The molecule has 7 aromatic rings. The van der Waals surface area contributed by atoms with Crippen molar-refractivity contribution in [2.75, 3.05) is 0 Å². The van der Waals surface area contributed by atoms with Gasteiger partial charge in [-0.1, -0.05) is 140 Å². The van der Waals surface area contributed by atoms with Gasteiger partial charge in [0, 0.05) is 22.6 Å². The molecular weight excluding hydrogens is 522 g/mol. The van der Waals surface area contributed by atoms with Crippen LogP contribution < -0.4 is 0 Å². The molecule has 0 aliphatic carbocycles. The second-order valence-electron chi connectivity index (χ2n) is 10.8. The SMILES string of the molecule is C1=C(c2ccccc2)[N-]C(c2ccccc2)N=C1c1ccc(-c2ccc(-n3c4ccccc4c4ccccc43)cc2)cc1. The van der Waals surface area contributed by atoms with Gasteiger partial charge in [-0.05, 0) is 52.1 Å². The standard InChI is InChI=1S/C40H28N3/c1-3-11-30(12-4-1)36-27-37(42-40(41-36)32-13-5-2-6-14-32)31-21-19-28(20-22-31)29-23-25-33(26-24-29)43-38-17-9-7-15-34(38)35-16-8-10-18-39(35)43/h1-27,40H/q-1. The van der Waals surface area contributed by atoms with Crippen LogP contribution in [0.5, 0.6) is 0 Å². The number of hydrogen-bond acceptors (Lipinski definition) is 1. The highest BCUT2D eigenvalue weighted by atomic mass is 15.1. The predicted octanol–water partition coefficient (Wildman–Crippen LogP) is 10.4. The van der Waals surface area contributed by atoms with E-state index in [1.807, 2.05) is 24.3 Å². The fourth-order valence-electron chi connectivity index (χ4n) is 6.03. The van der Waals surface area contributed by atoms with E-state index in [2.05, 4.69) is 144 Å². The van der Waals surface area contributed by atoms with Gasteiger partial charge < -0.3 is 9.88 Å². The summed E-state index contributed by atoms with van der Waals surface area (Å²) in [5, 5.41) is 7.55. The van der Waals surface area contributed by atoms with E-state index >= 15 is 0 Å². The molecule has 0 bridgehead atoms. The maximum atomic E-state index is 5.06. The Morgan fingerprint density at radius 2 is 0.977 bits per heavy atom. The Balaban J connectivity index is 1.12. The van der Waals surface area contributed by atoms with E-state index in [1.54, 1.807) is 0 Å². The summed E-state index contributed by atoms with van der Waals surface area (Å²) in [5.41, 5.74) is 11.1. The molecular formula is C40H28N3-. The quantitative estimate of drug-likeness (QED) is 0.204. The van der Waals surface area contributed by atoms with Gasteiger partial charge in [-0.3, -0.25) is 4.99 Å². The maximum Gasteiger partial charge on any atom is 0.0623 e. The zero-order chi connectivity index (χ0) is 28.6. The minimum absolute atomic E-state index is 0.274. The van der Waals surface area contributed by atoms with Crippen LogP contribution in [0.1, 0.15) is 22.9 Å². The van der Waals surface area contributed by atoms with Crippen LogP contribution >= 0.6 is 0 Å². The van der Waals surface area contributed by atoms with Crippen LogP contribution in [0.4, 0.5) is 0 Å². The van der Waals surface area contributed by atoms with Crippen LogP contribution in [0.25, 0.3) is 49.6 Å². The molecule has 1 aliphatic rings. The molecule has 3 nitrogen and oxygen atoms in total. The summed E-state index contributed by atoms with van der Waals surface area (Å²) >= 11 is 0. The lowest BCUT2D eigenvalue weighted by molar-refractivity contribution is 0.879. The summed E-state index contributed by atoms with van der Waals surface area (Å²) in [5.74, 6) is 0. The smallest absolute Gasteiger partial charge is 0.0623 e. The van der Waals surface area contributed by atoms with E-state index in [4.69, 9.17) is 10.3 Å². The van der Waals surface area contributed by atoms with E-state index in [0.29, 0.717) is 0 Å². The highest BCUT2D eigenvalue weighted by Gasteiger charge is 2.13. The van der Waals surface area contributed by atoms with Crippen molar-refractivity contribution >= 4 is 33.2 Å². The van der Waals surface area contributed by atoms with Gasteiger partial charge in [-0.2, -0.15) is 0 Å². The van der Waals surface area contributed by atoms with E-state index in [0.717, 1.165) is 33.8 Å². The van der Waals surface area contributed by atoms with Crippen molar-refractivity contribution in [2.45, 2.75) is 6.17 Å². The third kappa shape index (κ3) is 4.61. The van der Waals surface area contributed by atoms with E-state index < -0.39 is 0 Å². The minimum atomic E-state index is -0.274. The summed E-state index contributed by atoms with van der Waals surface area (Å²) in [6.45, 7) is 0. The van der Waals surface area contributed by atoms with Crippen LogP contribution in [-0.2, 0) is 0 Å². The van der Waals surface area contributed by atoms with Crippen molar-refractivity contribution < 1.29 is 0 Å². The highest BCUT2D eigenvalue weighted by molar-refractivity contribution is 6.14. The monoisotopic (exact) mass is 550 g/mol. The first-order valence-electron chi connectivity index (χ1n) is 14.6. The second kappa shape index (κ2) is 10.6. The molecule has 1 aliphatic heterocycles. The van der Waals surface area contributed by atoms with Gasteiger partial charge in [0.15, 0.2) is 0 Å². The van der Waals surface area contributed by atoms with Gasteiger partial charge in [-0.15, -0.1) is 5.70 Å². The van der Waals surface area contributed by atoms with Gasteiger partial charge in [0.1, 0.15) is 0 Å². The molecule has 2 heterocycles. The number of rotatable bonds is 5. The van der Waals surface area contributed by atoms with E-state index in [-0.39, 0.29) is 6.17 Å². The van der Waals surface area contributed by atoms with Gasteiger partial charge in [-0.25, -0.2) is 0 Å². The van der Waals surface area contributed by atoms with Crippen molar-refractivity contribution in [3.8, 4) is 16.8 Å². The predicted molar refractivity (Wildman–Crippen MR) is 180 cm³/mol. The van der Waals surface area contributed by atoms with Crippen LogP contribution in [0.2, 0.25) is 0 Å². The minimum Gasteiger partial charge on any atom is -0.659 e. The number of aromatic nitrogens is 1. The van der Waals surface area contributed by atoms with Crippen molar-refractivity contribution in [1.82, 2.24) is 4.57 Å². The first kappa shape index (κ1) is 25.1. The number of nitrogens with zero attached hydrogens (tertiary/aromatic N) is 3. The maximum absolute atomic E-state index is 5.06. The van der Waals surface area contributed by atoms with Crippen molar-refractivity contribution in [3.05, 3.63) is 186 Å². The Labute approximate surface area is 251 Å². The Morgan fingerprint density at radius 1 is 0.465 bits per heavy atom. The summed E-state index contributed by atoms with van der Waals surface area (Å²) in [7, 11) is 0. The number of hydrogen-bond donors (Lipinski definition) is 0. The third-order valence-corrected chi connectivity index (χ3v) is 8.18. The largest absolute Gasteiger partial charge is 0.659 e. The molecule has 204 valence electrons. The first-order valence-corrected chi connectivity index (χ1v) is 14.6. The van der Waals surface area contributed by atoms with Crippen LogP contribution in [0, 0.1) is 0 Å². The fraction of sp³-hybridized carbons (Fsp3) is 0.0250. The summed E-state index contributed by atoms with van der Waals surface area (Å²) in [4.78, 5) is 5.06. The molecule has 0 saturated carbocycles. The number of aliphatic imine (C=N–C) groups is 1. The van der Waals surface area contributed by atoms with Crippen molar-refractivity contribution in [2.24, 2.45) is 4.99 Å². The van der Waals surface area contributed by atoms with Gasteiger partial charge in [0.2, 0.25) is 0 Å². The summed E-state index contributed by atoms with van der Waals surface area (Å²) in [6, 6.07) is 55.5. The Bertz CT molecular complexity index is 2070. The van der Waals surface area contributed by atoms with E-state index in [1.165, 1.54) is 32.9 Å². The van der Waals surface area contributed by atoms with Crippen LogP contribution in [-0.4, -0.2) is 10.3 Å². The molecule has 1 aromatic heterocycles. The third-order valence-electron chi connectivity index (χ3n) is 8.18. The van der Waals surface area contributed by atoms with Gasteiger partial charge >= 0.3 is 0 Å². The molecule has 0 fully saturated rings. The number of allylic oxidation sites excluding steroid dienone is 1. The lowest BCUT2D eigenvalue weighted by Gasteiger charge is -2.37. The molecule has 3 heteroatoms. The Hall–Kier alpha value is -5.67. The van der Waals surface area contributed by atoms with Gasteiger partial charge in [0.25, 0.3) is 0 Å². The van der Waals surface area contributed by atoms with Crippen LogP contribution in [0.15, 0.2) is 169 Å². The summed E-state index contributed by atoms with van der Waals surface area (Å²) in [6.07, 6.45) is 1.83. The molecule has 0 saturated heterocycles. The average molecular weight is 551 g/mol. The zero-order valence-corrected chi connectivity index (χ0v) is 23.5. The molecule has 6 aromatic carbocycles. The van der Waals surface area contributed by atoms with Crippen LogP contribution in [0.3, 0.4) is 0 Å². The molecule has 0 amide bonds. The second-order valence-corrected chi connectivity index (χ2v) is 10.8. The number of fused-ring (bicyclic) bond motifs is 3.